The fourth-order valence-corrected chi connectivity index (χ4v) is 5.09. The Morgan fingerprint density at radius 2 is 1.93 bits per heavy atom. The molecule has 6 rings (SSSR count). The predicted octanol–water partition coefficient (Wildman–Crippen LogP) is 5.66. The lowest BCUT2D eigenvalue weighted by atomic mass is 10.1. The summed E-state index contributed by atoms with van der Waals surface area (Å²) in [6.45, 7) is 7.22. The van der Waals surface area contributed by atoms with Gasteiger partial charge in [0.15, 0.2) is 0 Å². The molecule has 2 aliphatic heterocycles. The van der Waals surface area contributed by atoms with Crippen LogP contribution < -0.4 is 15.4 Å². The van der Waals surface area contributed by atoms with Crippen molar-refractivity contribution in [3.63, 3.8) is 0 Å². The second-order valence-corrected chi connectivity index (χ2v) is 11.7. The highest BCUT2D eigenvalue weighted by molar-refractivity contribution is 6.32. The monoisotopic (exact) mass is 601 g/mol. The Morgan fingerprint density at radius 1 is 1.07 bits per heavy atom. The minimum absolute atomic E-state index is 0.141. The predicted molar refractivity (Wildman–Crippen MR) is 164 cm³/mol. The average Bonchev–Trinajstić information content (AvgIpc) is 3.54. The van der Waals surface area contributed by atoms with Gasteiger partial charge in [-0.15, -0.1) is 0 Å². The zero-order valence-corrected chi connectivity index (χ0v) is 24.8. The van der Waals surface area contributed by atoms with Gasteiger partial charge in [-0.3, -0.25) is 4.98 Å². The highest BCUT2D eigenvalue weighted by Crippen LogP contribution is 2.30. The Balaban J connectivity index is 1.08. The Labute approximate surface area is 254 Å². The van der Waals surface area contributed by atoms with Gasteiger partial charge in [-0.25, -0.2) is 19.8 Å². The van der Waals surface area contributed by atoms with Crippen LogP contribution in [0.1, 0.15) is 32.2 Å². The largest absolute Gasteiger partial charge is 0.486 e. The number of nitrogens with zero attached hydrogens (tertiary/aromatic N) is 5. The Bertz CT molecular complexity index is 1660. The van der Waals surface area contributed by atoms with Crippen molar-refractivity contribution in [2.24, 2.45) is 4.99 Å². The smallest absolute Gasteiger partial charge is 0.410 e. The van der Waals surface area contributed by atoms with E-state index in [2.05, 4.69) is 30.6 Å². The van der Waals surface area contributed by atoms with Gasteiger partial charge < -0.3 is 29.7 Å². The van der Waals surface area contributed by atoms with Crippen LogP contribution in [0, 0.1) is 0 Å². The summed E-state index contributed by atoms with van der Waals surface area (Å²) in [5.41, 5.74) is 3.53. The number of hydrogen-bond donors (Lipinski definition) is 2. The minimum Gasteiger partial charge on any atom is -0.486 e. The summed E-state index contributed by atoms with van der Waals surface area (Å²) in [5, 5.41) is 8.03. The molecule has 2 aromatic carbocycles. The quantitative estimate of drug-likeness (QED) is 0.276. The van der Waals surface area contributed by atoms with E-state index in [4.69, 9.17) is 25.8 Å². The normalized spacial score (nSPS) is 17.7. The molecule has 1 saturated heterocycles. The molecule has 2 atom stereocenters. The molecule has 0 aliphatic carbocycles. The molecule has 2 aliphatic rings. The number of aliphatic imine (C=N–C) groups is 1. The van der Waals surface area contributed by atoms with E-state index in [9.17, 15) is 4.79 Å². The van der Waals surface area contributed by atoms with E-state index in [1.54, 1.807) is 17.4 Å². The molecule has 1 amide bonds. The number of carbonyl (C=O) groups excluding carboxylic acids is 1. The lowest BCUT2D eigenvalue weighted by Gasteiger charge is -2.24. The third-order valence-electron chi connectivity index (χ3n) is 6.90. The van der Waals surface area contributed by atoms with Gasteiger partial charge in [0, 0.05) is 23.0 Å². The zero-order chi connectivity index (χ0) is 30.0. The van der Waals surface area contributed by atoms with Crippen molar-refractivity contribution in [1.29, 1.82) is 0 Å². The number of rotatable bonds is 7. The first-order valence-electron chi connectivity index (χ1n) is 14.0. The van der Waals surface area contributed by atoms with E-state index in [1.165, 1.54) is 0 Å². The summed E-state index contributed by atoms with van der Waals surface area (Å²) in [6, 6.07) is 17.3. The summed E-state index contributed by atoms with van der Waals surface area (Å²) in [5.74, 6) is 0.583. The molecule has 4 heterocycles. The number of anilines is 2. The first-order chi connectivity index (χ1) is 20.7. The maximum atomic E-state index is 12.4. The highest BCUT2D eigenvalue weighted by Gasteiger charge is 2.42. The highest BCUT2D eigenvalue weighted by atomic mass is 35.5. The summed E-state index contributed by atoms with van der Waals surface area (Å²) in [6.07, 6.45) is 2.72. The van der Waals surface area contributed by atoms with Gasteiger partial charge in [-0.2, -0.15) is 0 Å². The molecular formula is C31H32ClN7O4. The molecule has 43 heavy (non-hydrogen) atoms. The first kappa shape index (κ1) is 28.5. The van der Waals surface area contributed by atoms with Crippen molar-refractivity contribution >= 4 is 46.0 Å². The molecule has 11 nitrogen and oxygen atoms in total. The second-order valence-electron chi connectivity index (χ2n) is 11.3. The van der Waals surface area contributed by atoms with Crippen LogP contribution >= 0.6 is 11.6 Å². The number of halogens is 1. The van der Waals surface area contributed by atoms with Crippen LogP contribution in [-0.2, 0) is 22.6 Å². The lowest BCUT2D eigenvalue weighted by molar-refractivity contribution is 0.0271. The van der Waals surface area contributed by atoms with E-state index >= 15 is 0 Å². The number of pyridine rings is 1. The van der Waals surface area contributed by atoms with Crippen LogP contribution in [0.3, 0.4) is 0 Å². The summed E-state index contributed by atoms with van der Waals surface area (Å²) >= 11 is 6.49. The van der Waals surface area contributed by atoms with E-state index < -0.39 is 5.60 Å². The Morgan fingerprint density at radius 3 is 2.70 bits per heavy atom. The van der Waals surface area contributed by atoms with Gasteiger partial charge in [0.1, 0.15) is 36.4 Å². The molecular weight excluding hydrogens is 570 g/mol. The van der Waals surface area contributed by atoms with Crippen LogP contribution in [0.2, 0.25) is 5.02 Å². The van der Waals surface area contributed by atoms with Crippen LogP contribution in [0.5, 0.6) is 5.75 Å². The van der Waals surface area contributed by atoms with Crippen molar-refractivity contribution in [2.45, 2.75) is 51.7 Å². The molecule has 0 bridgehead atoms. The van der Waals surface area contributed by atoms with Crippen molar-refractivity contribution in [3.8, 4) is 5.75 Å². The molecule has 0 spiro atoms. The van der Waals surface area contributed by atoms with Gasteiger partial charge in [0.25, 0.3) is 6.02 Å². The number of amidine groups is 1. The number of ether oxygens (including phenoxy) is 3. The van der Waals surface area contributed by atoms with Crippen molar-refractivity contribution < 1.29 is 19.0 Å². The number of aromatic nitrogens is 3. The topological polar surface area (TPSA) is 123 Å². The van der Waals surface area contributed by atoms with Crippen molar-refractivity contribution in [1.82, 2.24) is 19.9 Å². The fourth-order valence-electron chi connectivity index (χ4n) is 4.86. The van der Waals surface area contributed by atoms with E-state index in [0.29, 0.717) is 43.0 Å². The summed E-state index contributed by atoms with van der Waals surface area (Å²) < 4.78 is 17.3. The standard InChI is InChI=1S/C31H32ClN7O4/c1-31(2,3)43-30(40)39-15-26-28(16-39)42-29(38-26)37-20-7-9-24-22(12-20)25(36-18-35-24)14-34-19-8-10-27(23(32)13-19)41-17-21-6-4-5-11-33-21/h4-13,18,26,28,34H,14-17H2,1-3H3,(H,37,38). The summed E-state index contributed by atoms with van der Waals surface area (Å²) in [7, 11) is 0. The second kappa shape index (κ2) is 11.9. The van der Waals surface area contributed by atoms with Crippen LogP contribution in [0.4, 0.5) is 16.2 Å². The molecule has 2 aromatic heterocycles. The number of carbonyl (C=O) groups is 1. The molecule has 2 N–H and O–H groups in total. The lowest BCUT2D eigenvalue weighted by Crippen LogP contribution is -2.36. The van der Waals surface area contributed by atoms with Gasteiger partial charge in [0.05, 0.1) is 41.6 Å². The van der Waals surface area contributed by atoms with Gasteiger partial charge in [-0.1, -0.05) is 17.7 Å². The maximum absolute atomic E-state index is 12.4. The molecule has 0 radical (unpaired) electrons. The van der Waals surface area contributed by atoms with Crippen LogP contribution in [0.15, 0.2) is 72.1 Å². The minimum atomic E-state index is -0.548. The van der Waals surface area contributed by atoms with Crippen molar-refractivity contribution in [2.75, 3.05) is 23.7 Å². The van der Waals surface area contributed by atoms with E-state index in [-0.39, 0.29) is 18.2 Å². The zero-order valence-electron chi connectivity index (χ0n) is 24.1. The molecule has 222 valence electrons. The molecule has 1 fully saturated rings. The third kappa shape index (κ3) is 6.89. The molecule has 4 aromatic rings. The number of likely N-dealkylation sites (tertiary alicyclic amines) is 1. The van der Waals surface area contributed by atoms with Crippen LogP contribution in [-0.4, -0.2) is 62.8 Å². The number of benzene rings is 2. The number of fused-ring (bicyclic) bond motifs is 2. The Kier molecular flexibility index (Phi) is 7.90. The molecule has 0 saturated carbocycles. The summed E-state index contributed by atoms with van der Waals surface area (Å²) in [4.78, 5) is 31.9. The SMILES string of the molecule is CC(C)(C)OC(=O)N1CC2N=C(Nc3ccc4ncnc(CNc5ccc(OCc6ccccn6)c(Cl)c5)c4c3)OC2C1. The Hall–Kier alpha value is -4.64. The van der Waals surface area contributed by atoms with Gasteiger partial charge >= 0.3 is 6.09 Å². The van der Waals surface area contributed by atoms with E-state index in [1.807, 2.05) is 75.4 Å². The average molecular weight is 602 g/mol. The number of hydrogen-bond acceptors (Lipinski definition) is 10. The van der Waals surface area contributed by atoms with Gasteiger partial charge in [0.2, 0.25) is 0 Å². The number of amides is 1. The number of nitrogens with one attached hydrogen (secondary N) is 2. The maximum Gasteiger partial charge on any atom is 0.410 e. The van der Waals surface area contributed by atoms with Crippen LogP contribution in [0.25, 0.3) is 10.9 Å². The third-order valence-corrected chi connectivity index (χ3v) is 7.19. The molecule has 2 unspecified atom stereocenters. The van der Waals surface area contributed by atoms with Crippen molar-refractivity contribution in [3.05, 3.63) is 83.5 Å². The van der Waals surface area contributed by atoms with E-state index in [0.717, 1.165) is 33.7 Å². The first-order valence-corrected chi connectivity index (χ1v) is 14.4. The molecule has 12 heteroatoms. The fraction of sp³-hybridized carbons (Fsp3) is 0.323. The van der Waals surface area contributed by atoms with Gasteiger partial charge in [-0.05, 0) is 69.3 Å².